The monoisotopic (exact) mass is 396 g/mol. The highest BCUT2D eigenvalue weighted by Crippen LogP contribution is 2.65. The van der Waals surface area contributed by atoms with Crippen molar-refractivity contribution in [2.24, 2.45) is 46.3 Å². The Labute approximate surface area is 179 Å². The molecule has 4 rings (SSSR count). The van der Waals surface area contributed by atoms with E-state index in [1.807, 2.05) is 0 Å². The third-order valence-electron chi connectivity index (χ3n) is 9.98. The molecular weight excluding hydrogens is 352 g/mol. The molecule has 0 aromatic heterocycles. The Morgan fingerprint density at radius 3 is 2.48 bits per heavy atom. The maximum absolute atomic E-state index is 10.2. The number of aliphatic hydroxyl groups excluding tert-OH is 1. The van der Waals surface area contributed by atoms with E-state index in [1.54, 1.807) is 11.1 Å². The fourth-order valence-corrected chi connectivity index (χ4v) is 7.42. The Morgan fingerprint density at radius 1 is 1.00 bits per heavy atom. The van der Waals surface area contributed by atoms with E-state index in [0.29, 0.717) is 28.6 Å². The number of fused-ring (bicyclic) bond motifs is 5. The Balaban J connectivity index is 1.55. The molecule has 0 amide bonds. The van der Waals surface area contributed by atoms with Crippen LogP contribution in [0.5, 0.6) is 0 Å². The minimum Gasteiger partial charge on any atom is -0.393 e. The van der Waals surface area contributed by atoms with Gasteiger partial charge in [0.25, 0.3) is 0 Å². The van der Waals surface area contributed by atoms with Gasteiger partial charge in [-0.15, -0.1) is 0 Å². The van der Waals surface area contributed by atoms with E-state index >= 15 is 0 Å². The van der Waals surface area contributed by atoms with Crippen LogP contribution in [0.15, 0.2) is 35.5 Å². The molecule has 8 atom stereocenters. The summed E-state index contributed by atoms with van der Waals surface area (Å²) >= 11 is 0. The van der Waals surface area contributed by atoms with Crippen LogP contribution in [0.25, 0.3) is 0 Å². The zero-order valence-corrected chi connectivity index (χ0v) is 19.7. The summed E-state index contributed by atoms with van der Waals surface area (Å²) in [5.41, 5.74) is 4.18. The summed E-state index contributed by atoms with van der Waals surface area (Å²) in [7, 11) is 0. The second-order valence-corrected chi connectivity index (χ2v) is 11.8. The van der Waals surface area contributed by atoms with Crippen molar-refractivity contribution in [1.82, 2.24) is 0 Å². The molecule has 1 N–H and O–H groups in total. The summed E-state index contributed by atoms with van der Waals surface area (Å²) in [6, 6.07) is 0. The van der Waals surface area contributed by atoms with Crippen molar-refractivity contribution in [3.8, 4) is 0 Å². The molecule has 0 aliphatic heterocycles. The Kier molecular flexibility index (Phi) is 5.69. The second-order valence-electron chi connectivity index (χ2n) is 11.8. The predicted molar refractivity (Wildman–Crippen MR) is 123 cm³/mol. The predicted octanol–water partition coefficient (Wildman–Crippen LogP) is 7.33. The van der Waals surface area contributed by atoms with E-state index in [-0.39, 0.29) is 6.10 Å². The molecule has 0 aromatic carbocycles. The zero-order valence-electron chi connectivity index (χ0n) is 19.7. The maximum atomic E-state index is 10.2. The van der Waals surface area contributed by atoms with E-state index in [9.17, 15) is 5.11 Å². The number of allylic oxidation sites excluding steroid dienone is 6. The van der Waals surface area contributed by atoms with Gasteiger partial charge in [-0.25, -0.2) is 0 Å². The number of hydrogen-bond donors (Lipinski definition) is 1. The van der Waals surface area contributed by atoms with Gasteiger partial charge in [0.1, 0.15) is 0 Å². The summed E-state index contributed by atoms with van der Waals surface area (Å²) in [5.74, 6) is 4.17. The minimum absolute atomic E-state index is 0.0622. The van der Waals surface area contributed by atoms with Crippen LogP contribution in [0, 0.1) is 46.3 Å². The molecule has 2 fully saturated rings. The molecule has 4 aliphatic rings. The van der Waals surface area contributed by atoms with E-state index in [0.717, 1.165) is 30.6 Å². The molecule has 0 saturated heterocycles. The third kappa shape index (κ3) is 3.50. The molecule has 29 heavy (non-hydrogen) atoms. The second kappa shape index (κ2) is 7.70. The third-order valence-corrected chi connectivity index (χ3v) is 9.98. The normalized spacial score (nSPS) is 44.0. The van der Waals surface area contributed by atoms with Crippen molar-refractivity contribution in [3.63, 3.8) is 0 Å². The van der Waals surface area contributed by atoms with Crippen molar-refractivity contribution in [1.29, 1.82) is 0 Å². The van der Waals surface area contributed by atoms with E-state index in [1.165, 1.54) is 32.1 Å². The van der Waals surface area contributed by atoms with Gasteiger partial charge in [0, 0.05) is 0 Å². The summed E-state index contributed by atoms with van der Waals surface area (Å²) < 4.78 is 0. The van der Waals surface area contributed by atoms with Crippen molar-refractivity contribution >= 4 is 0 Å². The van der Waals surface area contributed by atoms with Gasteiger partial charge in [-0.3, -0.25) is 0 Å². The number of hydrogen-bond acceptors (Lipinski definition) is 1. The lowest BCUT2D eigenvalue weighted by Crippen LogP contribution is -2.48. The van der Waals surface area contributed by atoms with Crippen molar-refractivity contribution < 1.29 is 5.11 Å². The van der Waals surface area contributed by atoms with Crippen LogP contribution < -0.4 is 0 Å². The van der Waals surface area contributed by atoms with Crippen LogP contribution in [-0.4, -0.2) is 11.2 Å². The van der Waals surface area contributed by atoms with Gasteiger partial charge in [-0.05, 0) is 102 Å². The summed E-state index contributed by atoms with van der Waals surface area (Å²) in [6.45, 7) is 14.6. The number of aliphatic hydroxyl groups is 1. The van der Waals surface area contributed by atoms with Crippen LogP contribution in [0.2, 0.25) is 0 Å². The van der Waals surface area contributed by atoms with Gasteiger partial charge in [0.15, 0.2) is 0 Å². The topological polar surface area (TPSA) is 20.2 Å². The summed E-state index contributed by atoms with van der Waals surface area (Å²) in [6.07, 6.45) is 18.5. The van der Waals surface area contributed by atoms with E-state index in [2.05, 4.69) is 65.8 Å². The van der Waals surface area contributed by atoms with Gasteiger partial charge in [0.2, 0.25) is 0 Å². The quantitative estimate of drug-likeness (QED) is 0.493. The van der Waals surface area contributed by atoms with Crippen LogP contribution >= 0.6 is 0 Å². The summed E-state index contributed by atoms with van der Waals surface area (Å²) in [4.78, 5) is 0. The standard InChI is InChI=1S/C28H44O/c1-18(2)19(3)7-8-20(4)24-11-12-25-23-10-9-21-17-22(29)13-15-27(21,5)26(23)14-16-28(24,25)6/h7-8,10,12,18-22,24,26,29H,9,11,13-17H2,1-6H3/b8-7+/t19?,20?,21-,22-,24?,26?,27?,28?/m0/s1. The summed E-state index contributed by atoms with van der Waals surface area (Å²) in [5, 5.41) is 10.2. The highest BCUT2D eigenvalue weighted by Gasteiger charge is 2.55. The van der Waals surface area contributed by atoms with Gasteiger partial charge < -0.3 is 5.11 Å². The smallest absolute Gasteiger partial charge is 0.0543 e. The molecule has 0 bridgehead atoms. The fourth-order valence-electron chi connectivity index (χ4n) is 7.42. The van der Waals surface area contributed by atoms with Gasteiger partial charge >= 0.3 is 0 Å². The van der Waals surface area contributed by atoms with Crippen LogP contribution in [0.1, 0.15) is 86.5 Å². The molecular formula is C28H44O. The van der Waals surface area contributed by atoms with Gasteiger partial charge in [-0.2, -0.15) is 0 Å². The lowest BCUT2D eigenvalue weighted by molar-refractivity contribution is -0.0256. The molecule has 1 heteroatoms. The molecule has 6 unspecified atom stereocenters. The van der Waals surface area contributed by atoms with Crippen molar-refractivity contribution in [2.75, 3.05) is 0 Å². The molecule has 4 aliphatic carbocycles. The SMILES string of the molecule is CC(C)C(C)/C=C/C(C)C1CC=C2C3=CC[C@H]4C[C@@H](O)CCC4(C)C3CCC21C. The minimum atomic E-state index is -0.0622. The molecule has 0 heterocycles. The van der Waals surface area contributed by atoms with Crippen LogP contribution in [0.3, 0.4) is 0 Å². The first kappa shape index (κ1) is 21.4. The highest BCUT2D eigenvalue weighted by molar-refractivity contribution is 5.46. The highest BCUT2D eigenvalue weighted by atomic mass is 16.3. The molecule has 0 radical (unpaired) electrons. The molecule has 162 valence electrons. The first-order valence-corrected chi connectivity index (χ1v) is 12.4. The Bertz CT molecular complexity index is 712. The fraction of sp³-hybridized carbons (Fsp3) is 0.786. The van der Waals surface area contributed by atoms with Crippen LogP contribution in [0.4, 0.5) is 0 Å². The van der Waals surface area contributed by atoms with Gasteiger partial charge in [-0.1, -0.05) is 65.8 Å². The lowest BCUT2D eigenvalue weighted by atomic mass is 9.48. The molecule has 2 saturated carbocycles. The molecule has 1 nitrogen and oxygen atoms in total. The first-order chi connectivity index (χ1) is 13.7. The van der Waals surface area contributed by atoms with Gasteiger partial charge in [0.05, 0.1) is 6.10 Å². The van der Waals surface area contributed by atoms with Crippen LogP contribution in [-0.2, 0) is 0 Å². The Hall–Kier alpha value is -0.820. The largest absolute Gasteiger partial charge is 0.393 e. The van der Waals surface area contributed by atoms with E-state index < -0.39 is 0 Å². The molecule has 0 aromatic rings. The first-order valence-electron chi connectivity index (χ1n) is 12.4. The maximum Gasteiger partial charge on any atom is 0.0543 e. The van der Waals surface area contributed by atoms with Crippen molar-refractivity contribution in [2.45, 2.75) is 92.6 Å². The van der Waals surface area contributed by atoms with E-state index in [4.69, 9.17) is 0 Å². The zero-order chi connectivity index (χ0) is 21.0. The van der Waals surface area contributed by atoms with Crippen molar-refractivity contribution in [3.05, 3.63) is 35.5 Å². The average molecular weight is 397 g/mol. The lowest BCUT2D eigenvalue weighted by Gasteiger charge is -2.56. The average Bonchev–Trinajstić information content (AvgIpc) is 3.03. The number of rotatable bonds is 4. The molecule has 0 spiro atoms. The Morgan fingerprint density at radius 2 is 1.76 bits per heavy atom.